The van der Waals surface area contributed by atoms with Gasteiger partial charge in [0.1, 0.15) is 0 Å². The number of halogens is 1. The van der Waals surface area contributed by atoms with Crippen LogP contribution in [0.3, 0.4) is 0 Å². The van der Waals surface area contributed by atoms with Gasteiger partial charge in [-0.05, 0) is 11.6 Å². The summed E-state index contributed by atoms with van der Waals surface area (Å²) in [5, 5.41) is 8.32. The minimum Gasteiger partial charge on any atom is -0.478 e. The summed E-state index contributed by atoms with van der Waals surface area (Å²) in [6.45, 7) is 0.763. The summed E-state index contributed by atoms with van der Waals surface area (Å²) in [6, 6.07) is 7.74. The fourth-order valence-corrected chi connectivity index (χ4v) is 1.40. The van der Waals surface area contributed by atoms with E-state index in [1.807, 2.05) is 24.3 Å². The molecular formula is C11H11BrO3. The van der Waals surface area contributed by atoms with E-state index in [1.54, 1.807) is 0 Å². The van der Waals surface area contributed by atoms with Crippen LogP contribution in [0.5, 0.6) is 0 Å². The quantitative estimate of drug-likeness (QED) is 0.661. The van der Waals surface area contributed by atoms with Gasteiger partial charge in [-0.2, -0.15) is 0 Å². The van der Waals surface area contributed by atoms with E-state index in [9.17, 15) is 4.79 Å². The molecule has 1 N–H and O–H groups in total. The maximum atomic E-state index is 10.1. The average Bonchev–Trinajstić information content (AvgIpc) is 2.20. The summed E-state index contributed by atoms with van der Waals surface area (Å²) in [7, 11) is 0. The Morgan fingerprint density at radius 2 is 2.20 bits per heavy atom. The van der Waals surface area contributed by atoms with E-state index >= 15 is 0 Å². The normalized spacial score (nSPS) is 10.7. The molecule has 1 aromatic rings. The number of carboxylic acid groups (broad SMARTS) is 1. The molecule has 1 rings (SSSR count). The third kappa shape index (κ3) is 4.76. The first-order valence-electron chi connectivity index (χ1n) is 4.41. The predicted molar refractivity (Wildman–Crippen MR) is 60.6 cm³/mol. The zero-order valence-corrected chi connectivity index (χ0v) is 9.61. The summed E-state index contributed by atoms with van der Waals surface area (Å²) < 4.78 is 6.26. The lowest BCUT2D eigenvalue weighted by atomic mass is 10.2. The molecule has 80 valence electrons. The van der Waals surface area contributed by atoms with Gasteiger partial charge in [-0.15, -0.1) is 0 Å². The van der Waals surface area contributed by atoms with Gasteiger partial charge in [0.2, 0.25) is 0 Å². The van der Waals surface area contributed by atoms with Crippen molar-refractivity contribution in [3.63, 3.8) is 0 Å². The molecule has 0 heterocycles. The van der Waals surface area contributed by atoms with Crippen molar-refractivity contribution in [3.8, 4) is 0 Å². The molecule has 0 spiro atoms. The van der Waals surface area contributed by atoms with Gasteiger partial charge in [0, 0.05) is 10.5 Å². The fraction of sp³-hybridized carbons (Fsp3) is 0.182. The standard InChI is InChI=1S/C11H11BrO3/c12-10-5-2-1-4-9(10)8-15-7-3-6-11(13)14/h1-6H,7-8H2,(H,13,14)/b6-3+. The molecule has 1 aromatic carbocycles. The Bertz CT molecular complexity index is 361. The van der Waals surface area contributed by atoms with Gasteiger partial charge in [0.15, 0.2) is 0 Å². The third-order valence-electron chi connectivity index (χ3n) is 1.69. The number of hydrogen-bond acceptors (Lipinski definition) is 2. The summed E-state index contributed by atoms with van der Waals surface area (Å²) >= 11 is 3.40. The first-order valence-corrected chi connectivity index (χ1v) is 5.20. The van der Waals surface area contributed by atoms with Crippen LogP contribution in [-0.2, 0) is 16.1 Å². The molecule has 4 heteroatoms. The molecule has 0 saturated carbocycles. The summed E-state index contributed by atoms with van der Waals surface area (Å²) in [5.41, 5.74) is 1.04. The maximum absolute atomic E-state index is 10.1. The molecule has 0 bridgehead atoms. The smallest absolute Gasteiger partial charge is 0.328 e. The Balaban J connectivity index is 2.32. The first-order chi connectivity index (χ1) is 7.20. The molecule has 0 unspecified atom stereocenters. The van der Waals surface area contributed by atoms with Crippen molar-refractivity contribution in [3.05, 3.63) is 46.5 Å². The lowest BCUT2D eigenvalue weighted by Gasteiger charge is -2.03. The van der Waals surface area contributed by atoms with Crippen molar-refractivity contribution in [2.24, 2.45) is 0 Å². The Kier molecular flexibility index (Phi) is 5.07. The van der Waals surface area contributed by atoms with Crippen molar-refractivity contribution in [1.82, 2.24) is 0 Å². The van der Waals surface area contributed by atoms with E-state index in [4.69, 9.17) is 9.84 Å². The SMILES string of the molecule is O=C(O)/C=C/COCc1ccccc1Br. The molecule has 0 aliphatic heterocycles. The molecule has 0 fully saturated rings. The molecule has 0 atom stereocenters. The van der Waals surface area contributed by atoms with Crippen LogP contribution in [-0.4, -0.2) is 17.7 Å². The second-order valence-electron chi connectivity index (χ2n) is 2.85. The van der Waals surface area contributed by atoms with Gasteiger partial charge in [-0.1, -0.05) is 40.2 Å². The van der Waals surface area contributed by atoms with Crippen LogP contribution in [0.15, 0.2) is 40.9 Å². The molecule has 0 aliphatic rings. The van der Waals surface area contributed by atoms with Crippen LogP contribution >= 0.6 is 15.9 Å². The van der Waals surface area contributed by atoms with Crippen molar-refractivity contribution in [1.29, 1.82) is 0 Å². The molecule has 0 radical (unpaired) electrons. The number of benzene rings is 1. The maximum Gasteiger partial charge on any atom is 0.328 e. The van der Waals surface area contributed by atoms with Crippen LogP contribution in [0.2, 0.25) is 0 Å². The number of carbonyl (C=O) groups is 1. The van der Waals surface area contributed by atoms with Crippen LogP contribution < -0.4 is 0 Å². The third-order valence-corrected chi connectivity index (χ3v) is 2.46. The lowest BCUT2D eigenvalue weighted by Crippen LogP contribution is -1.95. The van der Waals surface area contributed by atoms with E-state index in [0.29, 0.717) is 13.2 Å². The Labute approximate surface area is 96.5 Å². The zero-order valence-electron chi connectivity index (χ0n) is 8.02. The van der Waals surface area contributed by atoms with Crippen LogP contribution in [0.25, 0.3) is 0 Å². The molecule has 15 heavy (non-hydrogen) atoms. The van der Waals surface area contributed by atoms with Gasteiger partial charge in [0.25, 0.3) is 0 Å². The van der Waals surface area contributed by atoms with Crippen molar-refractivity contribution in [2.75, 3.05) is 6.61 Å². The Morgan fingerprint density at radius 1 is 1.47 bits per heavy atom. The summed E-state index contributed by atoms with van der Waals surface area (Å²) in [6.07, 6.45) is 2.54. The van der Waals surface area contributed by atoms with Crippen LogP contribution in [0.1, 0.15) is 5.56 Å². The number of carboxylic acids is 1. The molecule has 3 nitrogen and oxygen atoms in total. The highest BCUT2D eigenvalue weighted by atomic mass is 79.9. The van der Waals surface area contributed by atoms with Crippen LogP contribution in [0.4, 0.5) is 0 Å². The minimum absolute atomic E-state index is 0.299. The predicted octanol–water partition coefficient (Wildman–Crippen LogP) is 2.61. The molecule has 0 saturated heterocycles. The summed E-state index contributed by atoms with van der Waals surface area (Å²) in [4.78, 5) is 10.1. The highest BCUT2D eigenvalue weighted by molar-refractivity contribution is 9.10. The highest BCUT2D eigenvalue weighted by Crippen LogP contribution is 2.16. The fourth-order valence-electron chi connectivity index (χ4n) is 1.00. The highest BCUT2D eigenvalue weighted by Gasteiger charge is 1.96. The van der Waals surface area contributed by atoms with Gasteiger partial charge < -0.3 is 9.84 Å². The van der Waals surface area contributed by atoms with Gasteiger partial charge in [-0.25, -0.2) is 4.79 Å². The van der Waals surface area contributed by atoms with E-state index in [0.717, 1.165) is 16.1 Å². The second kappa shape index (κ2) is 6.37. The van der Waals surface area contributed by atoms with E-state index in [2.05, 4.69) is 15.9 Å². The molecular weight excluding hydrogens is 260 g/mol. The molecule has 0 amide bonds. The van der Waals surface area contributed by atoms with E-state index < -0.39 is 5.97 Å². The Hall–Kier alpha value is -1.13. The van der Waals surface area contributed by atoms with Gasteiger partial charge in [-0.3, -0.25) is 0 Å². The Morgan fingerprint density at radius 3 is 2.87 bits per heavy atom. The number of aliphatic carboxylic acids is 1. The number of ether oxygens (including phenoxy) is 1. The second-order valence-corrected chi connectivity index (χ2v) is 3.70. The van der Waals surface area contributed by atoms with Gasteiger partial charge >= 0.3 is 5.97 Å². The van der Waals surface area contributed by atoms with E-state index in [1.165, 1.54) is 6.08 Å². The minimum atomic E-state index is -0.959. The first kappa shape index (κ1) is 11.9. The van der Waals surface area contributed by atoms with Crippen molar-refractivity contribution >= 4 is 21.9 Å². The van der Waals surface area contributed by atoms with Crippen LogP contribution in [0, 0.1) is 0 Å². The summed E-state index contributed by atoms with van der Waals surface area (Å²) in [5.74, 6) is -0.959. The van der Waals surface area contributed by atoms with Crippen molar-refractivity contribution in [2.45, 2.75) is 6.61 Å². The lowest BCUT2D eigenvalue weighted by molar-refractivity contribution is -0.131. The monoisotopic (exact) mass is 270 g/mol. The molecule has 0 aromatic heterocycles. The largest absolute Gasteiger partial charge is 0.478 e. The number of hydrogen-bond donors (Lipinski definition) is 1. The molecule has 0 aliphatic carbocycles. The average molecular weight is 271 g/mol. The number of rotatable bonds is 5. The van der Waals surface area contributed by atoms with E-state index in [-0.39, 0.29) is 0 Å². The van der Waals surface area contributed by atoms with Gasteiger partial charge in [0.05, 0.1) is 13.2 Å². The zero-order chi connectivity index (χ0) is 11.1. The topological polar surface area (TPSA) is 46.5 Å². The van der Waals surface area contributed by atoms with Crippen molar-refractivity contribution < 1.29 is 14.6 Å².